The molecule has 0 bridgehead atoms. The van der Waals surface area contributed by atoms with Crippen molar-refractivity contribution in [3.63, 3.8) is 0 Å². The van der Waals surface area contributed by atoms with Gasteiger partial charge in [-0.05, 0) is 31.4 Å². The molecular weight excluding hydrogens is 306 g/mol. The van der Waals surface area contributed by atoms with Crippen molar-refractivity contribution in [3.8, 4) is 0 Å². The Bertz CT molecular complexity index is 413. The maximum atomic E-state index is 11.8. The second kappa shape index (κ2) is 10.2. The molecule has 0 aliphatic rings. The van der Waals surface area contributed by atoms with Gasteiger partial charge in [-0.25, -0.2) is 0 Å². The van der Waals surface area contributed by atoms with Crippen molar-refractivity contribution in [2.45, 2.75) is 18.9 Å². The van der Waals surface area contributed by atoms with Crippen molar-refractivity contribution >= 4 is 33.4 Å². The fourth-order valence-corrected chi connectivity index (χ4v) is 2.45. The summed E-state index contributed by atoms with van der Waals surface area (Å²) >= 11 is 1.54. The van der Waals surface area contributed by atoms with E-state index >= 15 is 0 Å². The van der Waals surface area contributed by atoms with Crippen LogP contribution in [0.1, 0.15) is 12.8 Å². The molecule has 0 radical (unpaired) electrons. The van der Waals surface area contributed by atoms with Crippen LogP contribution < -0.4 is 16.6 Å². The summed E-state index contributed by atoms with van der Waals surface area (Å²) in [4.78, 5) is 23.3. The van der Waals surface area contributed by atoms with Crippen molar-refractivity contribution in [2.75, 3.05) is 30.9 Å². The number of Topliss-reactive ketones (excluding diaryl/α,β-unsaturated/α-hetero) is 2. The molecule has 0 spiro atoms. The lowest BCUT2D eigenvalue weighted by Crippen LogP contribution is -2.45. The summed E-state index contributed by atoms with van der Waals surface area (Å²) < 4.78 is 29.7. The molecule has 118 valence electrons. The number of hydrogen-bond donors (Lipinski definition) is 4. The monoisotopic (exact) mass is 327 g/mol. The van der Waals surface area contributed by atoms with Gasteiger partial charge in [0.25, 0.3) is 10.1 Å². The molecule has 0 saturated carbocycles. The molecule has 0 aromatic carbocycles. The highest BCUT2D eigenvalue weighted by molar-refractivity contribution is 7.98. The third-order valence-corrected chi connectivity index (χ3v) is 3.88. The van der Waals surface area contributed by atoms with Gasteiger partial charge in [-0.1, -0.05) is 0 Å². The van der Waals surface area contributed by atoms with Crippen LogP contribution in [0.3, 0.4) is 0 Å². The van der Waals surface area contributed by atoms with Crippen molar-refractivity contribution in [1.82, 2.24) is 10.7 Å². The highest BCUT2D eigenvalue weighted by atomic mass is 32.2. The molecule has 0 unspecified atom stereocenters. The number of hydrogen-bond acceptors (Lipinski definition) is 8. The molecule has 0 fully saturated rings. The highest BCUT2D eigenvalue weighted by Crippen LogP contribution is 2.03. The molecule has 0 aromatic heterocycles. The van der Waals surface area contributed by atoms with Gasteiger partial charge < -0.3 is 5.32 Å². The second-order valence-electron chi connectivity index (χ2n) is 4.10. The zero-order valence-electron chi connectivity index (χ0n) is 11.3. The zero-order valence-corrected chi connectivity index (χ0v) is 12.9. The Morgan fingerprint density at radius 2 is 2.05 bits per heavy atom. The number of carbonyl (C=O) groups is 2. The molecule has 0 aromatic rings. The third-order valence-electron chi connectivity index (χ3n) is 2.43. The lowest BCUT2D eigenvalue weighted by molar-refractivity contribution is -0.137. The Morgan fingerprint density at radius 1 is 1.40 bits per heavy atom. The van der Waals surface area contributed by atoms with E-state index in [1.54, 1.807) is 0 Å². The van der Waals surface area contributed by atoms with E-state index in [1.807, 2.05) is 6.26 Å². The molecule has 0 amide bonds. The first kappa shape index (κ1) is 19.5. The topological polar surface area (TPSA) is 139 Å². The Morgan fingerprint density at radius 3 is 2.55 bits per heavy atom. The third kappa shape index (κ3) is 9.39. The number of rotatable bonds is 12. The van der Waals surface area contributed by atoms with Crippen molar-refractivity contribution < 1.29 is 22.6 Å². The summed E-state index contributed by atoms with van der Waals surface area (Å²) in [6.07, 6.45) is 2.50. The van der Waals surface area contributed by atoms with Gasteiger partial charge in [0.05, 0.1) is 18.3 Å². The van der Waals surface area contributed by atoms with E-state index in [0.29, 0.717) is 12.2 Å². The van der Waals surface area contributed by atoms with Gasteiger partial charge >= 0.3 is 0 Å². The van der Waals surface area contributed by atoms with E-state index < -0.39 is 27.7 Å². The average molecular weight is 327 g/mol. The molecule has 0 saturated heterocycles. The fraction of sp³-hybridized carbons (Fsp3) is 0.800. The second-order valence-corrected chi connectivity index (χ2v) is 6.65. The Labute approximate surface area is 123 Å². The molecule has 8 nitrogen and oxygen atoms in total. The fourth-order valence-electron chi connectivity index (χ4n) is 1.47. The van der Waals surface area contributed by atoms with E-state index in [9.17, 15) is 18.0 Å². The first-order chi connectivity index (χ1) is 9.31. The van der Waals surface area contributed by atoms with E-state index in [2.05, 4.69) is 10.7 Å². The molecule has 5 N–H and O–H groups in total. The summed E-state index contributed by atoms with van der Waals surface area (Å²) in [5, 5.41) is 2.84. The lowest BCUT2D eigenvalue weighted by atomic mass is 10.1. The Kier molecular flexibility index (Phi) is 9.98. The number of carbonyl (C=O) groups excluding carboxylic acids is 2. The largest absolute Gasteiger partial charge is 0.307 e. The van der Waals surface area contributed by atoms with Gasteiger partial charge in [0.2, 0.25) is 11.6 Å². The Hall–Kier alpha value is -0.520. The maximum absolute atomic E-state index is 11.8. The van der Waals surface area contributed by atoms with Gasteiger partial charge in [0.15, 0.2) is 0 Å². The summed E-state index contributed by atoms with van der Waals surface area (Å²) in [6, 6.07) is -0.662. The van der Waals surface area contributed by atoms with Crippen LogP contribution in [0.5, 0.6) is 0 Å². The number of thioether (sulfide) groups is 1. The van der Waals surface area contributed by atoms with Crippen LogP contribution in [-0.2, 0) is 19.7 Å². The van der Waals surface area contributed by atoms with Crippen LogP contribution in [0.4, 0.5) is 0 Å². The van der Waals surface area contributed by atoms with Crippen LogP contribution in [-0.4, -0.2) is 61.4 Å². The summed E-state index contributed by atoms with van der Waals surface area (Å²) in [7, 11) is -4.01. The average Bonchev–Trinajstić information content (AvgIpc) is 2.36. The smallest absolute Gasteiger partial charge is 0.264 e. The van der Waals surface area contributed by atoms with Crippen LogP contribution in [0.2, 0.25) is 0 Å². The summed E-state index contributed by atoms with van der Waals surface area (Å²) in [5.41, 5.74) is 2.13. The maximum Gasteiger partial charge on any atom is 0.264 e. The minimum atomic E-state index is -4.01. The molecule has 1 atom stereocenters. The first-order valence-electron chi connectivity index (χ1n) is 5.99. The van der Waals surface area contributed by atoms with Gasteiger partial charge in [-0.15, -0.1) is 0 Å². The summed E-state index contributed by atoms with van der Waals surface area (Å²) in [5.74, 6) is 4.09. The molecule has 0 heterocycles. The van der Waals surface area contributed by atoms with Gasteiger partial charge in [0.1, 0.15) is 0 Å². The minimum Gasteiger partial charge on any atom is -0.307 e. The standard InChI is InChI=1S/C10H21N3O5S2/c1-19-5-3-8(10(15)9(14)7-13-11)12-4-2-6-20(16,17)18/h8,12-13H,2-7,11H2,1H3,(H,16,17,18)/t8-/m0/s1. The normalized spacial score (nSPS) is 13.2. The van der Waals surface area contributed by atoms with Crippen molar-refractivity contribution in [2.24, 2.45) is 5.84 Å². The van der Waals surface area contributed by atoms with Crippen LogP contribution in [0.25, 0.3) is 0 Å². The number of ketones is 2. The van der Waals surface area contributed by atoms with Crippen LogP contribution >= 0.6 is 11.8 Å². The minimum absolute atomic E-state index is 0.158. The molecule has 10 heteroatoms. The van der Waals surface area contributed by atoms with Gasteiger partial charge in [-0.3, -0.25) is 25.4 Å². The predicted molar refractivity (Wildman–Crippen MR) is 78.0 cm³/mol. The van der Waals surface area contributed by atoms with E-state index in [0.717, 1.165) is 0 Å². The van der Waals surface area contributed by atoms with E-state index in [-0.39, 0.29) is 25.3 Å². The molecule has 0 aliphatic heterocycles. The molecule has 0 aliphatic carbocycles. The van der Waals surface area contributed by atoms with Gasteiger partial charge in [-0.2, -0.15) is 20.2 Å². The lowest BCUT2D eigenvalue weighted by Gasteiger charge is -2.16. The SMILES string of the molecule is CSCC[C@H](NCCCS(=O)(=O)O)C(=O)C(=O)CNN. The first-order valence-corrected chi connectivity index (χ1v) is 9.00. The van der Waals surface area contributed by atoms with Crippen LogP contribution in [0, 0.1) is 0 Å². The quantitative estimate of drug-likeness (QED) is 0.112. The highest BCUT2D eigenvalue weighted by Gasteiger charge is 2.23. The van der Waals surface area contributed by atoms with Gasteiger partial charge in [0, 0.05) is 0 Å². The Balaban J connectivity index is 4.34. The molecular formula is C10H21N3O5S2. The van der Waals surface area contributed by atoms with Crippen molar-refractivity contribution in [3.05, 3.63) is 0 Å². The van der Waals surface area contributed by atoms with Crippen molar-refractivity contribution in [1.29, 1.82) is 0 Å². The zero-order chi connectivity index (χ0) is 15.6. The molecule has 20 heavy (non-hydrogen) atoms. The summed E-state index contributed by atoms with van der Waals surface area (Å²) in [6.45, 7) is -0.0186. The number of nitrogens with one attached hydrogen (secondary N) is 2. The van der Waals surface area contributed by atoms with E-state index in [4.69, 9.17) is 10.4 Å². The number of nitrogens with two attached hydrogens (primary N) is 1. The number of hydrazine groups is 1. The van der Waals surface area contributed by atoms with Crippen LogP contribution in [0.15, 0.2) is 0 Å². The molecule has 0 rings (SSSR count). The predicted octanol–water partition coefficient (Wildman–Crippen LogP) is -1.42. The van der Waals surface area contributed by atoms with E-state index in [1.165, 1.54) is 11.8 Å².